The van der Waals surface area contributed by atoms with Crippen LogP contribution in [0.2, 0.25) is 0 Å². The summed E-state index contributed by atoms with van der Waals surface area (Å²) in [5, 5.41) is 9.90. The Morgan fingerprint density at radius 2 is 1.62 bits per heavy atom. The Kier molecular flexibility index (Phi) is 3.86. The van der Waals surface area contributed by atoms with Crippen molar-refractivity contribution in [1.82, 2.24) is 0 Å². The molecule has 24 heavy (non-hydrogen) atoms. The van der Waals surface area contributed by atoms with Crippen LogP contribution in [0, 0.1) is 28.1 Å². The Morgan fingerprint density at radius 3 is 2.08 bits per heavy atom. The summed E-state index contributed by atoms with van der Waals surface area (Å²) in [5.41, 5.74) is -1.89. The maximum absolute atomic E-state index is 12.7. The summed E-state index contributed by atoms with van der Waals surface area (Å²) in [6.07, 6.45) is 6.18. The number of ether oxygens (including phenoxy) is 1. The number of rotatable bonds is 5. The number of hydrogen-bond acceptors (Lipinski definition) is 3. The first-order valence-electron chi connectivity index (χ1n) is 9.42. The molecule has 0 heterocycles. The number of hydrogen-bond donors (Lipinski definition) is 1. The van der Waals surface area contributed by atoms with Crippen LogP contribution >= 0.6 is 0 Å². The smallest absolute Gasteiger partial charge is 0.312 e. The van der Waals surface area contributed by atoms with Gasteiger partial charge in [0.25, 0.3) is 0 Å². The Balaban J connectivity index is 1.90. The van der Waals surface area contributed by atoms with Crippen LogP contribution < -0.4 is 0 Å². The highest BCUT2D eigenvalue weighted by Crippen LogP contribution is 2.68. The molecule has 0 amide bonds. The lowest BCUT2D eigenvalue weighted by Crippen LogP contribution is -2.62. The maximum Gasteiger partial charge on any atom is 0.312 e. The van der Waals surface area contributed by atoms with Gasteiger partial charge < -0.3 is 9.84 Å². The molecule has 4 aliphatic carbocycles. The third-order valence-electron chi connectivity index (χ3n) is 7.58. The zero-order valence-electron chi connectivity index (χ0n) is 15.8. The van der Waals surface area contributed by atoms with E-state index in [2.05, 4.69) is 0 Å². The minimum atomic E-state index is -0.642. The van der Waals surface area contributed by atoms with Crippen LogP contribution in [0.4, 0.5) is 0 Å². The van der Waals surface area contributed by atoms with Crippen molar-refractivity contribution in [3.8, 4) is 0 Å². The minimum absolute atomic E-state index is 0.157. The predicted molar refractivity (Wildman–Crippen MR) is 91.4 cm³/mol. The fraction of sp³-hybridized carbons (Fsp3) is 0.900. The number of carbonyl (C=O) groups is 2. The van der Waals surface area contributed by atoms with E-state index in [9.17, 15) is 14.7 Å². The SMILES string of the molecule is CCC(C)(C)C(=O)OC(C)(C)C12CC3CC(CC(C(=O)O)(C3)C1)C2. The van der Waals surface area contributed by atoms with Gasteiger partial charge in [0.1, 0.15) is 5.60 Å². The maximum atomic E-state index is 12.7. The molecule has 1 N–H and O–H groups in total. The molecule has 0 aromatic carbocycles. The standard InChI is InChI=1S/C20H32O4/c1-6-17(2,3)16(23)24-18(4,5)20-10-13-7-14(11-20)9-19(8-13,12-20)15(21)22/h13-14H,6-12H2,1-5H3,(H,21,22). The average molecular weight is 336 g/mol. The van der Waals surface area contributed by atoms with Crippen molar-refractivity contribution in [1.29, 1.82) is 0 Å². The van der Waals surface area contributed by atoms with Gasteiger partial charge in [-0.2, -0.15) is 0 Å². The molecule has 4 rings (SSSR count). The van der Waals surface area contributed by atoms with Gasteiger partial charge >= 0.3 is 11.9 Å². The molecule has 0 aromatic heterocycles. The van der Waals surface area contributed by atoms with Crippen molar-refractivity contribution < 1.29 is 19.4 Å². The molecule has 4 aliphatic rings. The highest BCUT2D eigenvalue weighted by molar-refractivity contribution is 5.77. The van der Waals surface area contributed by atoms with Crippen LogP contribution in [0.15, 0.2) is 0 Å². The quantitative estimate of drug-likeness (QED) is 0.755. The van der Waals surface area contributed by atoms with Crippen molar-refractivity contribution in [2.24, 2.45) is 28.1 Å². The average Bonchev–Trinajstić information content (AvgIpc) is 2.45. The lowest BCUT2D eigenvalue weighted by molar-refractivity contribution is -0.223. The summed E-state index contributed by atoms with van der Waals surface area (Å²) in [5.74, 6) is 0.145. The highest BCUT2D eigenvalue weighted by atomic mass is 16.6. The largest absolute Gasteiger partial charge is 0.481 e. The number of carboxylic acids is 1. The molecular weight excluding hydrogens is 304 g/mol. The Hall–Kier alpha value is -1.06. The molecule has 4 bridgehead atoms. The molecule has 0 aliphatic heterocycles. The predicted octanol–water partition coefficient (Wildman–Crippen LogP) is 4.42. The van der Waals surface area contributed by atoms with Crippen LogP contribution in [-0.4, -0.2) is 22.6 Å². The molecule has 4 saturated carbocycles. The number of carbonyl (C=O) groups excluding carboxylic acids is 1. The van der Waals surface area contributed by atoms with E-state index in [4.69, 9.17) is 4.74 Å². The summed E-state index contributed by atoms with van der Waals surface area (Å²) in [7, 11) is 0. The zero-order valence-corrected chi connectivity index (χ0v) is 15.8. The van der Waals surface area contributed by atoms with Crippen LogP contribution in [0.5, 0.6) is 0 Å². The number of esters is 1. The minimum Gasteiger partial charge on any atom is -0.481 e. The molecule has 0 saturated heterocycles. The highest BCUT2D eigenvalue weighted by Gasteiger charge is 2.66. The van der Waals surface area contributed by atoms with Gasteiger partial charge in [0.05, 0.1) is 10.8 Å². The first-order valence-corrected chi connectivity index (χ1v) is 9.42. The van der Waals surface area contributed by atoms with Crippen molar-refractivity contribution in [2.75, 3.05) is 0 Å². The van der Waals surface area contributed by atoms with Gasteiger partial charge in [0.2, 0.25) is 0 Å². The van der Waals surface area contributed by atoms with Crippen LogP contribution in [-0.2, 0) is 14.3 Å². The molecule has 0 spiro atoms. The molecule has 4 fully saturated rings. The van der Waals surface area contributed by atoms with Gasteiger partial charge in [0.15, 0.2) is 0 Å². The second-order valence-electron chi connectivity index (χ2n) is 9.96. The zero-order chi connectivity index (χ0) is 18.0. The first-order chi connectivity index (χ1) is 11.0. The van der Waals surface area contributed by atoms with E-state index in [0.717, 1.165) is 38.5 Å². The lowest BCUT2D eigenvalue weighted by Gasteiger charge is -2.64. The second-order valence-corrected chi connectivity index (χ2v) is 9.96. The van der Waals surface area contributed by atoms with Crippen LogP contribution in [0.1, 0.15) is 79.6 Å². The molecule has 4 nitrogen and oxygen atoms in total. The van der Waals surface area contributed by atoms with Gasteiger partial charge in [-0.3, -0.25) is 9.59 Å². The monoisotopic (exact) mass is 336 g/mol. The fourth-order valence-electron chi connectivity index (χ4n) is 5.84. The third kappa shape index (κ3) is 2.48. The van der Waals surface area contributed by atoms with E-state index >= 15 is 0 Å². The van der Waals surface area contributed by atoms with E-state index in [1.807, 2.05) is 34.6 Å². The second kappa shape index (κ2) is 5.22. The van der Waals surface area contributed by atoms with Crippen LogP contribution in [0.25, 0.3) is 0 Å². The lowest BCUT2D eigenvalue weighted by atomic mass is 9.41. The molecule has 136 valence electrons. The summed E-state index contributed by atoms with van der Waals surface area (Å²) in [4.78, 5) is 24.7. The van der Waals surface area contributed by atoms with E-state index in [1.165, 1.54) is 0 Å². The van der Waals surface area contributed by atoms with Crippen molar-refractivity contribution >= 4 is 11.9 Å². The topological polar surface area (TPSA) is 63.6 Å². The Morgan fingerprint density at radius 1 is 1.08 bits per heavy atom. The Labute approximate surface area is 145 Å². The normalized spacial score (nSPS) is 38.2. The molecule has 4 heteroatoms. The molecule has 2 atom stereocenters. The van der Waals surface area contributed by atoms with Crippen molar-refractivity contribution in [3.63, 3.8) is 0 Å². The van der Waals surface area contributed by atoms with E-state index in [1.54, 1.807) is 0 Å². The van der Waals surface area contributed by atoms with Gasteiger partial charge in [0, 0.05) is 5.41 Å². The molecule has 0 radical (unpaired) electrons. The van der Waals surface area contributed by atoms with E-state index in [0.29, 0.717) is 18.3 Å². The Bertz CT molecular complexity index is 546. The van der Waals surface area contributed by atoms with Crippen LogP contribution in [0.3, 0.4) is 0 Å². The van der Waals surface area contributed by atoms with Gasteiger partial charge in [-0.05, 0) is 84.5 Å². The van der Waals surface area contributed by atoms with Gasteiger partial charge in [-0.15, -0.1) is 0 Å². The third-order valence-corrected chi connectivity index (χ3v) is 7.58. The summed E-state index contributed by atoms with van der Waals surface area (Å²) < 4.78 is 6.07. The van der Waals surface area contributed by atoms with Crippen molar-refractivity contribution in [3.05, 3.63) is 0 Å². The summed E-state index contributed by atoms with van der Waals surface area (Å²) in [6, 6.07) is 0. The van der Waals surface area contributed by atoms with E-state index in [-0.39, 0.29) is 11.4 Å². The summed E-state index contributed by atoms with van der Waals surface area (Å²) in [6.45, 7) is 9.87. The number of aliphatic carboxylic acids is 1. The van der Waals surface area contributed by atoms with Gasteiger partial charge in [-0.25, -0.2) is 0 Å². The molecular formula is C20H32O4. The van der Waals surface area contributed by atoms with Gasteiger partial charge in [-0.1, -0.05) is 6.92 Å². The molecule has 2 unspecified atom stereocenters. The van der Waals surface area contributed by atoms with Crippen molar-refractivity contribution in [2.45, 2.75) is 85.2 Å². The number of carboxylic acid groups (broad SMARTS) is 1. The fourth-order valence-corrected chi connectivity index (χ4v) is 5.84. The van der Waals surface area contributed by atoms with E-state index < -0.39 is 22.4 Å². The molecule has 0 aromatic rings. The first kappa shape index (κ1) is 17.8. The summed E-state index contributed by atoms with van der Waals surface area (Å²) >= 11 is 0.